The van der Waals surface area contributed by atoms with Gasteiger partial charge in [0.25, 0.3) is 0 Å². The van der Waals surface area contributed by atoms with Gasteiger partial charge in [-0.1, -0.05) is 63.3 Å². The first-order valence-corrected chi connectivity index (χ1v) is 7.74. The monoisotopic (exact) mass is 268 g/mol. The van der Waals surface area contributed by atoms with Crippen molar-refractivity contribution in [3.63, 3.8) is 0 Å². The fourth-order valence-electron chi connectivity index (χ4n) is 3.83. The average molecular weight is 268 g/mol. The number of hydrogen-bond acceptors (Lipinski definition) is 1. The predicted octanol–water partition coefficient (Wildman–Crippen LogP) is 4.60. The molecule has 4 atom stereocenters. The van der Waals surface area contributed by atoms with E-state index in [4.69, 9.17) is 0 Å². The Hall–Kier alpha value is -1.37. The van der Waals surface area contributed by atoms with Crippen LogP contribution in [0.2, 0.25) is 0 Å². The summed E-state index contributed by atoms with van der Waals surface area (Å²) >= 11 is 0. The van der Waals surface area contributed by atoms with Crippen molar-refractivity contribution in [3.05, 3.63) is 48.0 Å². The zero-order valence-corrected chi connectivity index (χ0v) is 12.7. The third kappa shape index (κ3) is 2.34. The average Bonchev–Trinajstić information content (AvgIpc) is 2.38. The number of rotatable bonds is 1. The fraction of sp³-hybridized carbons (Fsp3) is 0.526. The van der Waals surface area contributed by atoms with E-state index in [-0.39, 0.29) is 17.8 Å². The summed E-state index contributed by atoms with van der Waals surface area (Å²) in [5, 5.41) is 0. The van der Waals surface area contributed by atoms with Crippen LogP contribution in [0, 0.1) is 23.2 Å². The lowest BCUT2D eigenvalue weighted by molar-refractivity contribution is -0.131. The molecule has 2 aliphatic rings. The molecule has 106 valence electrons. The smallest absolute Gasteiger partial charge is 0.143 e. The van der Waals surface area contributed by atoms with Gasteiger partial charge < -0.3 is 0 Å². The van der Waals surface area contributed by atoms with Crippen LogP contribution in [0.25, 0.3) is 0 Å². The highest BCUT2D eigenvalue weighted by Gasteiger charge is 2.44. The van der Waals surface area contributed by atoms with Gasteiger partial charge in [-0.05, 0) is 29.7 Å². The maximum Gasteiger partial charge on any atom is 0.143 e. The highest BCUT2D eigenvalue weighted by molar-refractivity contribution is 5.88. The van der Waals surface area contributed by atoms with Crippen molar-refractivity contribution < 1.29 is 4.79 Å². The molecule has 1 fully saturated rings. The van der Waals surface area contributed by atoms with Crippen LogP contribution in [0.3, 0.4) is 0 Å². The Kier molecular flexibility index (Phi) is 3.32. The Morgan fingerprint density at radius 3 is 2.35 bits per heavy atom. The molecule has 1 heteroatoms. The number of carbonyl (C=O) groups is 1. The summed E-state index contributed by atoms with van der Waals surface area (Å²) in [6, 6.07) is 10.5. The molecule has 0 aliphatic heterocycles. The summed E-state index contributed by atoms with van der Waals surface area (Å²) in [4.78, 5) is 12.6. The maximum absolute atomic E-state index is 12.6. The van der Waals surface area contributed by atoms with Crippen molar-refractivity contribution in [1.29, 1.82) is 0 Å². The van der Waals surface area contributed by atoms with Gasteiger partial charge in [-0.25, -0.2) is 0 Å². The molecule has 0 heterocycles. The molecular formula is C19H24O. The maximum atomic E-state index is 12.6. The molecule has 0 saturated heterocycles. The third-order valence-electron chi connectivity index (χ3n) is 5.20. The number of fused-ring (bicyclic) bond motifs is 2. The Labute approximate surface area is 122 Å². The standard InChI is InChI=1S/C19H24O/c1-19(2,3)15-11-14-9-10-16(17(12-15)18(14)20)13-7-5-4-6-8-13/h4-10,14-17H,11-12H2,1-3H3/t14?,15?,16-,17?/m0/s1. The Morgan fingerprint density at radius 2 is 1.70 bits per heavy atom. The van der Waals surface area contributed by atoms with Crippen molar-refractivity contribution >= 4 is 5.78 Å². The molecule has 2 aliphatic carbocycles. The molecule has 1 nitrogen and oxygen atoms in total. The lowest BCUT2D eigenvalue weighted by Gasteiger charge is -2.44. The van der Waals surface area contributed by atoms with E-state index in [1.165, 1.54) is 5.56 Å². The van der Waals surface area contributed by atoms with Gasteiger partial charge in [-0.15, -0.1) is 0 Å². The fourth-order valence-corrected chi connectivity index (χ4v) is 3.83. The quantitative estimate of drug-likeness (QED) is 0.680. The number of carbonyl (C=O) groups excluding carboxylic acids is 1. The molecule has 0 aromatic heterocycles. The molecule has 1 aromatic carbocycles. The molecule has 0 spiro atoms. The summed E-state index contributed by atoms with van der Waals surface area (Å²) in [5.41, 5.74) is 1.58. The van der Waals surface area contributed by atoms with Crippen LogP contribution < -0.4 is 0 Å². The number of hydrogen-bond donors (Lipinski definition) is 0. The minimum absolute atomic E-state index is 0.165. The van der Waals surface area contributed by atoms with Crippen LogP contribution in [0.4, 0.5) is 0 Å². The van der Waals surface area contributed by atoms with Gasteiger partial charge in [-0.3, -0.25) is 4.79 Å². The number of allylic oxidation sites excluding steroid dienone is 2. The summed E-state index contributed by atoms with van der Waals surface area (Å²) in [7, 11) is 0. The van der Waals surface area contributed by atoms with Gasteiger partial charge in [0.2, 0.25) is 0 Å². The van der Waals surface area contributed by atoms with E-state index in [2.05, 4.69) is 57.2 Å². The van der Waals surface area contributed by atoms with Gasteiger partial charge >= 0.3 is 0 Å². The van der Waals surface area contributed by atoms with Crippen molar-refractivity contribution in [3.8, 4) is 0 Å². The van der Waals surface area contributed by atoms with Crippen molar-refractivity contribution in [1.82, 2.24) is 0 Å². The van der Waals surface area contributed by atoms with E-state index in [0.717, 1.165) is 12.8 Å². The Morgan fingerprint density at radius 1 is 1.00 bits per heavy atom. The van der Waals surface area contributed by atoms with Gasteiger partial charge in [0.05, 0.1) is 0 Å². The summed E-state index contributed by atoms with van der Waals surface area (Å²) in [6.45, 7) is 6.93. The number of benzene rings is 1. The second-order valence-electron chi connectivity index (χ2n) is 7.47. The van der Waals surface area contributed by atoms with Crippen LogP contribution in [0.15, 0.2) is 42.5 Å². The molecule has 20 heavy (non-hydrogen) atoms. The summed E-state index contributed by atoms with van der Waals surface area (Å²) in [6.07, 6.45) is 6.54. The van der Waals surface area contributed by atoms with Crippen LogP contribution >= 0.6 is 0 Å². The normalized spacial score (nSPS) is 33.2. The molecule has 3 unspecified atom stereocenters. The van der Waals surface area contributed by atoms with Gasteiger partial charge in [0.15, 0.2) is 0 Å². The predicted molar refractivity (Wildman–Crippen MR) is 82.5 cm³/mol. The first-order chi connectivity index (χ1) is 9.47. The molecule has 2 bridgehead atoms. The van der Waals surface area contributed by atoms with Crippen LogP contribution in [0.5, 0.6) is 0 Å². The third-order valence-corrected chi connectivity index (χ3v) is 5.20. The molecule has 1 aromatic rings. The van der Waals surface area contributed by atoms with E-state index in [1.54, 1.807) is 0 Å². The highest BCUT2D eigenvalue weighted by Crippen LogP contribution is 2.48. The zero-order valence-electron chi connectivity index (χ0n) is 12.7. The largest absolute Gasteiger partial charge is 0.299 e. The van der Waals surface area contributed by atoms with Crippen LogP contribution in [-0.2, 0) is 4.79 Å². The van der Waals surface area contributed by atoms with E-state index >= 15 is 0 Å². The van der Waals surface area contributed by atoms with Crippen molar-refractivity contribution in [2.75, 3.05) is 0 Å². The van der Waals surface area contributed by atoms with Crippen molar-refractivity contribution in [2.24, 2.45) is 23.2 Å². The number of ketones is 1. The molecule has 1 saturated carbocycles. The lowest BCUT2D eigenvalue weighted by Crippen LogP contribution is -2.41. The molecule has 0 amide bonds. The first kappa shape index (κ1) is 13.6. The highest BCUT2D eigenvalue weighted by atomic mass is 16.1. The Bertz CT molecular complexity index is 520. The van der Waals surface area contributed by atoms with E-state index in [9.17, 15) is 4.79 Å². The van der Waals surface area contributed by atoms with Gasteiger partial charge in [0, 0.05) is 17.8 Å². The second-order valence-corrected chi connectivity index (χ2v) is 7.47. The van der Waals surface area contributed by atoms with E-state index in [1.807, 2.05) is 6.07 Å². The first-order valence-electron chi connectivity index (χ1n) is 7.74. The molecule has 0 N–H and O–H groups in total. The van der Waals surface area contributed by atoms with Gasteiger partial charge in [-0.2, -0.15) is 0 Å². The molecular weight excluding hydrogens is 244 g/mol. The lowest BCUT2D eigenvalue weighted by atomic mass is 9.59. The number of Topliss-reactive ketones (excluding diaryl/α,β-unsaturated/α-hetero) is 1. The second kappa shape index (κ2) is 4.87. The van der Waals surface area contributed by atoms with Gasteiger partial charge in [0.1, 0.15) is 5.78 Å². The van der Waals surface area contributed by atoms with Crippen molar-refractivity contribution in [2.45, 2.75) is 39.5 Å². The van der Waals surface area contributed by atoms with Crippen LogP contribution in [-0.4, -0.2) is 5.78 Å². The van der Waals surface area contributed by atoms with E-state index in [0.29, 0.717) is 17.1 Å². The summed E-state index contributed by atoms with van der Waals surface area (Å²) < 4.78 is 0. The summed E-state index contributed by atoms with van der Waals surface area (Å²) in [5.74, 6) is 1.75. The van der Waals surface area contributed by atoms with E-state index < -0.39 is 0 Å². The molecule has 0 radical (unpaired) electrons. The zero-order chi connectivity index (χ0) is 14.3. The minimum Gasteiger partial charge on any atom is -0.299 e. The minimum atomic E-state index is 0.165. The molecule has 3 rings (SSSR count). The SMILES string of the molecule is CC(C)(C)C1CC2C=C[C@@H](c3ccccc3)C(C1)C2=O. The Balaban J connectivity index is 1.93. The topological polar surface area (TPSA) is 17.1 Å². The van der Waals surface area contributed by atoms with Crippen LogP contribution in [0.1, 0.15) is 45.1 Å².